The van der Waals surface area contributed by atoms with Crippen molar-refractivity contribution < 1.29 is 13.2 Å². The molecular formula is C30H35F3N3P. The third-order valence-corrected chi connectivity index (χ3v) is 12.2. The standard InChI is InChI=1S/C30H35F3N3P/c1-5-36-27-16-10-7-13-23(27)24-21-22(17-18-28(24)36)37(29(2,3)4,35-19-11-6-12-20-35)34-26-15-9-8-14-25(26)30(31,32)33/h7-10,13-18,21H,5-6,11-12,19-20H2,1-4H3/t37-/m0/s1. The highest BCUT2D eigenvalue weighted by Crippen LogP contribution is 2.65. The van der Waals surface area contributed by atoms with Crippen molar-refractivity contribution in [3.05, 3.63) is 72.3 Å². The number of aryl methyl sites for hydroxylation is 1. The zero-order valence-electron chi connectivity index (χ0n) is 22.0. The maximum absolute atomic E-state index is 14.1. The first kappa shape index (κ1) is 26.1. The van der Waals surface area contributed by atoms with E-state index in [2.05, 4.69) is 79.4 Å². The molecule has 5 rings (SSSR count). The number of alkyl halides is 3. The maximum Gasteiger partial charge on any atom is 0.418 e. The minimum Gasteiger partial charge on any atom is -0.341 e. The average Bonchev–Trinajstić information content (AvgIpc) is 3.19. The second-order valence-corrected chi connectivity index (χ2v) is 14.7. The van der Waals surface area contributed by atoms with Gasteiger partial charge in [0.25, 0.3) is 0 Å². The molecule has 0 unspecified atom stereocenters. The minimum atomic E-state index is -4.46. The first-order chi connectivity index (χ1) is 17.6. The highest BCUT2D eigenvalue weighted by molar-refractivity contribution is 7.73. The fraction of sp³-hybridized carbons (Fsp3) is 0.400. The number of para-hydroxylation sites is 1. The van der Waals surface area contributed by atoms with Gasteiger partial charge in [-0.05, 0) is 56.2 Å². The fourth-order valence-corrected chi connectivity index (χ4v) is 10.4. The zero-order chi connectivity index (χ0) is 26.4. The molecule has 1 saturated heterocycles. The van der Waals surface area contributed by atoms with Crippen LogP contribution < -0.4 is 5.30 Å². The second kappa shape index (κ2) is 9.63. The van der Waals surface area contributed by atoms with Crippen LogP contribution in [0.25, 0.3) is 21.8 Å². The van der Waals surface area contributed by atoms with Gasteiger partial charge in [-0.3, -0.25) is 4.67 Å². The van der Waals surface area contributed by atoms with Gasteiger partial charge in [0.2, 0.25) is 0 Å². The quantitative estimate of drug-likeness (QED) is 0.243. The average molecular weight is 526 g/mol. The van der Waals surface area contributed by atoms with Gasteiger partial charge in [-0.1, -0.05) is 57.5 Å². The summed E-state index contributed by atoms with van der Waals surface area (Å²) in [5.41, 5.74) is 1.70. The number of nitrogens with zero attached hydrogens (tertiary/aromatic N) is 3. The molecule has 0 bridgehead atoms. The minimum absolute atomic E-state index is 0.0416. The molecule has 1 atom stereocenters. The highest BCUT2D eigenvalue weighted by Gasteiger charge is 2.43. The molecule has 0 spiro atoms. The van der Waals surface area contributed by atoms with Gasteiger partial charge in [-0.2, -0.15) is 13.2 Å². The molecule has 0 aliphatic carbocycles. The van der Waals surface area contributed by atoms with E-state index in [1.165, 1.54) is 23.0 Å². The number of benzene rings is 3. The third-order valence-electron chi connectivity index (χ3n) is 7.57. The van der Waals surface area contributed by atoms with Crippen LogP contribution in [0.15, 0.2) is 71.5 Å². The molecule has 37 heavy (non-hydrogen) atoms. The Morgan fingerprint density at radius 3 is 2.14 bits per heavy atom. The first-order valence-electron chi connectivity index (χ1n) is 13.1. The van der Waals surface area contributed by atoms with E-state index in [9.17, 15) is 13.2 Å². The molecular weight excluding hydrogens is 490 g/mol. The molecule has 0 radical (unpaired) electrons. The summed E-state index contributed by atoms with van der Waals surface area (Å²) >= 11 is 0. The Bertz CT molecular complexity index is 1490. The van der Waals surface area contributed by atoms with Crippen LogP contribution in [-0.2, 0) is 12.7 Å². The molecule has 2 heterocycles. The van der Waals surface area contributed by atoms with Crippen LogP contribution in [0.5, 0.6) is 0 Å². The molecule has 1 aliphatic heterocycles. The molecule has 3 aromatic carbocycles. The van der Waals surface area contributed by atoms with E-state index in [4.69, 9.17) is 4.74 Å². The molecule has 7 heteroatoms. The summed E-state index contributed by atoms with van der Waals surface area (Å²) in [6, 6.07) is 20.7. The van der Waals surface area contributed by atoms with E-state index in [0.717, 1.165) is 61.2 Å². The van der Waals surface area contributed by atoms with E-state index in [1.807, 2.05) is 0 Å². The SMILES string of the molecule is CCn1c2ccccc2c2cc([P@](=Nc3ccccc3C(F)(F)F)(N3CCCCC3)C(C)(C)C)ccc21. The number of halogens is 3. The third kappa shape index (κ3) is 4.42. The van der Waals surface area contributed by atoms with Gasteiger partial charge in [-0.15, -0.1) is 0 Å². The molecule has 1 aromatic heterocycles. The van der Waals surface area contributed by atoms with Crippen LogP contribution in [0.3, 0.4) is 0 Å². The Morgan fingerprint density at radius 2 is 1.46 bits per heavy atom. The van der Waals surface area contributed by atoms with Crippen LogP contribution in [0, 0.1) is 0 Å². The second-order valence-electron chi connectivity index (χ2n) is 10.9. The van der Waals surface area contributed by atoms with E-state index >= 15 is 0 Å². The summed E-state index contributed by atoms with van der Waals surface area (Å²) in [7, 11) is -2.66. The van der Waals surface area contributed by atoms with Crippen molar-refractivity contribution >= 4 is 40.0 Å². The Labute approximate surface area is 217 Å². The summed E-state index contributed by atoms with van der Waals surface area (Å²) in [5.74, 6) is 0. The monoisotopic (exact) mass is 525 g/mol. The van der Waals surface area contributed by atoms with Gasteiger partial charge < -0.3 is 4.57 Å². The van der Waals surface area contributed by atoms with Gasteiger partial charge in [-0.25, -0.2) is 4.74 Å². The van der Waals surface area contributed by atoms with Gasteiger partial charge in [0.15, 0.2) is 0 Å². The number of hydrogen-bond donors (Lipinski definition) is 0. The zero-order valence-corrected chi connectivity index (χ0v) is 22.9. The smallest absolute Gasteiger partial charge is 0.341 e. The van der Waals surface area contributed by atoms with Crippen molar-refractivity contribution in [1.29, 1.82) is 0 Å². The Kier molecular flexibility index (Phi) is 6.79. The van der Waals surface area contributed by atoms with Gasteiger partial charge in [0.05, 0.1) is 18.5 Å². The van der Waals surface area contributed by atoms with Crippen LogP contribution >= 0.6 is 7.21 Å². The molecule has 196 valence electrons. The van der Waals surface area contributed by atoms with Crippen LogP contribution in [0.2, 0.25) is 0 Å². The van der Waals surface area contributed by atoms with Crippen molar-refractivity contribution in [2.24, 2.45) is 4.74 Å². The van der Waals surface area contributed by atoms with Crippen molar-refractivity contribution in [2.75, 3.05) is 13.1 Å². The van der Waals surface area contributed by atoms with Gasteiger partial charge in [0, 0.05) is 51.9 Å². The highest BCUT2D eigenvalue weighted by atomic mass is 31.2. The van der Waals surface area contributed by atoms with Gasteiger partial charge >= 0.3 is 6.18 Å². The van der Waals surface area contributed by atoms with E-state index in [0.29, 0.717) is 0 Å². The first-order valence-corrected chi connectivity index (χ1v) is 14.8. The number of fused-ring (bicyclic) bond motifs is 3. The molecule has 4 aromatic rings. The predicted molar refractivity (Wildman–Crippen MR) is 150 cm³/mol. The maximum atomic E-state index is 14.1. The summed E-state index contributed by atoms with van der Waals surface area (Å²) in [6.45, 7) is 11.1. The molecule has 0 amide bonds. The number of aromatic nitrogens is 1. The lowest BCUT2D eigenvalue weighted by atomic mass is 10.1. The summed E-state index contributed by atoms with van der Waals surface area (Å²) < 4.78 is 52.4. The summed E-state index contributed by atoms with van der Waals surface area (Å²) in [4.78, 5) is 0. The fourth-order valence-electron chi connectivity index (χ4n) is 5.95. The Hall–Kier alpha value is -2.56. The summed E-state index contributed by atoms with van der Waals surface area (Å²) in [5, 5.41) is 2.98. The molecule has 3 nitrogen and oxygen atoms in total. The lowest BCUT2D eigenvalue weighted by molar-refractivity contribution is -0.137. The number of hydrogen-bond acceptors (Lipinski definition) is 1. The van der Waals surface area contributed by atoms with Crippen molar-refractivity contribution in [1.82, 2.24) is 9.24 Å². The van der Waals surface area contributed by atoms with Crippen LogP contribution in [0.4, 0.5) is 18.9 Å². The number of rotatable bonds is 4. The van der Waals surface area contributed by atoms with Gasteiger partial charge in [0.1, 0.15) is 0 Å². The van der Waals surface area contributed by atoms with E-state index in [-0.39, 0.29) is 10.8 Å². The lowest BCUT2D eigenvalue weighted by Gasteiger charge is -2.47. The predicted octanol–water partition coefficient (Wildman–Crippen LogP) is 9.19. The lowest BCUT2D eigenvalue weighted by Crippen LogP contribution is -2.39. The normalized spacial score (nSPS) is 17.3. The molecule has 0 N–H and O–H groups in total. The Balaban J connectivity index is 1.88. The summed E-state index contributed by atoms with van der Waals surface area (Å²) in [6.07, 6.45) is -1.26. The van der Waals surface area contributed by atoms with Crippen molar-refractivity contribution in [2.45, 2.75) is 64.8 Å². The molecule has 1 fully saturated rings. The Morgan fingerprint density at radius 1 is 0.811 bits per heavy atom. The largest absolute Gasteiger partial charge is 0.418 e. The van der Waals surface area contributed by atoms with Crippen molar-refractivity contribution in [3.8, 4) is 0 Å². The molecule has 1 aliphatic rings. The van der Waals surface area contributed by atoms with E-state index in [1.54, 1.807) is 6.07 Å². The topological polar surface area (TPSA) is 20.5 Å². The van der Waals surface area contributed by atoms with Crippen LogP contribution in [0.1, 0.15) is 52.5 Å². The van der Waals surface area contributed by atoms with E-state index < -0.39 is 18.9 Å². The number of piperidine rings is 1. The van der Waals surface area contributed by atoms with Crippen molar-refractivity contribution in [3.63, 3.8) is 0 Å². The molecule has 0 saturated carbocycles. The van der Waals surface area contributed by atoms with Crippen LogP contribution in [-0.4, -0.2) is 27.5 Å².